The molecule has 1 aromatic heterocycles. The minimum absolute atomic E-state index is 0.00725. The van der Waals surface area contributed by atoms with Crippen LogP contribution in [0.2, 0.25) is 0 Å². The number of rotatable bonds is 26. The molecular formula is C91H114F3N17O21S. The fourth-order valence-electron chi connectivity index (χ4n) is 16.1. The van der Waals surface area contributed by atoms with Crippen molar-refractivity contribution in [2.75, 3.05) is 72.0 Å². The number of fused-ring (bicyclic) bond motifs is 3. The van der Waals surface area contributed by atoms with E-state index >= 15 is 51.9 Å². The van der Waals surface area contributed by atoms with Gasteiger partial charge < -0.3 is 108 Å². The number of aromatic hydroxyl groups is 1. The Morgan fingerprint density at radius 3 is 1.72 bits per heavy atom. The molecule has 0 radical (unpaired) electrons. The summed E-state index contributed by atoms with van der Waals surface area (Å²) >= 11 is 0.648. The van der Waals surface area contributed by atoms with Crippen LogP contribution in [0.25, 0.3) is 10.9 Å². The van der Waals surface area contributed by atoms with E-state index in [-0.39, 0.29) is 88.7 Å². The first-order valence-electron chi connectivity index (χ1n) is 43.5. The number of aliphatic hydroxyl groups excluding tert-OH is 1. The van der Waals surface area contributed by atoms with Gasteiger partial charge in [-0.3, -0.25) is 81.5 Å². The molecule has 0 saturated carbocycles. The number of aromatic nitrogens is 1. The Morgan fingerprint density at radius 1 is 0.556 bits per heavy atom. The molecule has 9 rings (SSSR count). The number of unbranched alkanes of at least 4 members (excludes halogenated alkanes) is 1. The monoisotopic (exact) mass is 1870 g/mol. The third kappa shape index (κ3) is 28.5. The molecule has 3 aliphatic rings. The highest BCUT2D eigenvalue weighted by molar-refractivity contribution is 8.00. The van der Waals surface area contributed by atoms with Gasteiger partial charge in [0.25, 0.3) is 12.9 Å². The van der Waals surface area contributed by atoms with Gasteiger partial charge in [-0.15, -0.1) is 11.8 Å². The summed E-state index contributed by atoms with van der Waals surface area (Å²) in [6.07, 6.45) is -1.92. The number of para-hydroxylation sites is 1. The van der Waals surface area contributed by atoms with E-state index in [1.54, 1.807) is 98.0 Å². The van der Waals surface area contributed by atoms with Crippen molar-refractivity contribution in [2.45, 2.75) is 189 Å². The summed E-state index contributed by atoms with van der Waals surface area (Å²) in [6.45, 7) is 1.52. The number of nitrogens with one attached hydrogen (secondary N) is 10. The lowest BCUT2D eigenvalue weighted by Gasteiger charge is -2.38. The van der Waals surface area contributed by atoms with Crippen LogP contribution in [-0.4, -0.2) is 298 Å². The van der Waals surface area contributed by atoms with Gasteiger partial charge >= 0.3 is 0 Å². The minimum Gasteiger partial charge on any atom is -0.508 e. The summed E-state index contributed by atoms with van der Waals surface area (Å²) in [6, 6.07) is 8.14. The van der Waals surface area contributed by atoms with Crippen LogP contribution in [0.5, 0.6) is 5.75 Å². The number of hydrogen-bond donors (Lipinski definition) is 14. The van der Waals surface area contributed by atoms with E-state index in [1.165, 1.54) is 64.2 Å². The second-order valence-electron chi connectivity index (χ2n) is 33.2. The standard InChI is InChI=1S/C91H114F3N17O21S/c1-7-8-26-71-90(129)110-33-18-27-70(110)84(123)103-67(45-131-49-112)83(122)106-78(51(2)3)91(130)108(5)72(38-52-19-11-9-12-20-52)85(124)104-68(46-132-50-113)88(127)111-44-58(115)41-73(111)86(125)102-65(40-56-42-97-62-24-16-15-23-59(56)62)82(121)101-64(36-54-28-30-57(114)31-29-54)81(120)100-63(25-17-32-95)80(119)105-69(79(118)98-43-75(96)116)47-133-48-76(117)99-66(37-55-34-60(92)77(94)61(93)35-55)87(126)109(6)74(89(128)107(71)4)39-53-21-13-10-14-22-53/h9-16,19-24,28-31,34-35,42,49-51,58,63-74,78,97,114-115H,7-8,17-18,25-27,32-33,36-41,43-48,95H2,1-6H3,(H2,96,116)(H,98,118)(H,99,117)(H,100,120)(H,101,121)(H,102,125)(H,103,123)(H,104,124)(H,105,119)(H,106,122)/t58-,63+,64+,65+,66+,67+,68+,69+,70-,71+,72+,73-,74+,78+/m1/s1. The van der Waals surface area contributed by atoms with Crippen molar-refractivity contribution in [2.24, 2.45) is 17.4 Å². The van der Waals surface area contributed by atoms with Crippen molar-refractivity contribution >= 4 is 124 Å². The highest BCUT2D eigenvalue weighted by Gasteiger charge is 2.47. The van der Waals surface area contributed by atoms with Crippen LogP contribution >= 0.6 is 11.8 Å². The number of nitrogens with zero attached hydrogens (tertiary/aromatic N) is 5. The van der Waals surface area contributed by atoms with Crippen molar-refractivity contribution in [1.29, 1.82) is 0 Å². The Hall–Kier alpha value is -13.5. The summed E-state index contributed by atoms with van der Waals surface area (Å²) in [5.41, 5.74) is 13.3. The van der Waals surface area contributed by atoms with E-state index in [1.807, 2.05) is 0 Å². The first-order valence-corrected chi connectivity index (χ1v) is 44.7. The second kappa shape index (κ2) is 49.7. The van der Waals surface area contributed by atoms with Gasteiger partial charge in [0.1, 0.15) is 97.5 Å². The lowest BCUT2D eigenvalue weighted by molar-refractivity contribution is -0.152. The average molecular weight is 1870 g/mol. The molecule has 0 unspecified atom stereocenters. The Balaban J connectivity index is 1.13. The van der Waals surface area contributed by atoms with Crippen LogP contribution in [0, 0.1) is 23.4 Å². The van der Waals surface area contributed by atoms with Crippen molar-refractivity contribution in [3.05, 3.63) is 173 Å². The minimum atomic E-state index is -1.91. The van der Waals surface area contributed by atoms with Gasteiger partial charge in [-0.25, -0.2) is 13.2 Å². The number of phenolic OH excluding ortho intramolecular Hbond substituents is 1. The van der Waals surface area contributed by atoms with Crippen molar-refractivity contribution < 1.29 is 114 Å². The van der Waals surface area contributed by atoms with Crippen LogP contribution in [0.3, 0.4) is 0 Å². The van der Waals surface area contributed by atoms with Gasteiger partial charge in [0.15, 0.2) is 17.5 Å². The first kappa shape index (κ1) is 103. The van der Waals surface area contributed by atoms with Crippen molar-refractivity contribution in [1.82, 2.24) is 77.3 Å². The van der Waals surface area contributed by atoms with Gasteiger partial charge in [0.05, 0.1) is 18.4 Å². The number of aliphatic hydroxyl groups is 1. The summed E-state index contributed by atoms with van der Waals surface area (Å²) < 4.78 is 55.3. The smallest absolute Gasteiger partial charge is 0.293 e. The lowest BCUT2D eigenvalue weighted by atomic mass is 9.98. The third-order valence-electron chi connectivity index (χ3n) is 23.3. The van der Waals surface area contributed by atoms with Gasteiger partial charge in [0.2, 0.25) is 88.6 Å². The molecule has 0 spiro atoms. The molecule has 38 nitrogen and oxygen atoms in total. The molecule has 5 aromatic carbocycles. The van der Waals surface area contributed by atoms with E-state index in [0.717, 1.165) is 19.6 Å². The van der Waals surface area contributed by atoms with Crippen molar-refractivity contribution in [3.8, 4) is 5.75 Å². The molecule has 133 heavy (non-hydrogen) atoms. The number of amides is 15. The molecule has 0 aliphatic carbocycles. The maximum atomic E-state index is 15.7. The Morgan fingerprint density at radius 2 is 1.10 bits per heavy atom. The second-order valence-corrected chi connectivity index (χ2v) is 34.3. The summed E-state index contributed by atoms with van der Waals surface area (Å²) in [4.78, 5) is 256. The fraction of sp³-hybridized carbons (Fsp3) is 0.462. The number of aromatic amines is 1. The van der Waals surface area contributed by atoms with Gasteiger partial charge in [-0.1, -0.05) is 125 Å². The summed E-state index contributed by atoms with van der Waals surface area (Å²) in [5.74, 6) is -22.9. The maximum Gasteiger partial charge on any atom is 0.293 e. The average Bonchev–Trinajstić information content (AvgIpc) is 1.74. The molecule has 15 amide bonds. The number of phenols is 1. The van der Waals surface area contributed by atoms with E-state index in [2.05, 4.69) is 52.8 Å². The number of hydrogen-bond acceptors (Lipinski definition) is 23. The van der Waals surface area contributed by atoms with E-state index in [0.29, 0.717) is 69.9 Å². The summed E-state index contributed by atoms with van der Waals surface area (Å²) in [5, 5.41) is 45.5. The molecule has 6 aromatic rings. The van der Waals surface area contributed by atoms with E-state index < -0.39 is 254 Å². The quantitative estimate of drug-likeness (QED) is 0.0238. The number of thioether (sulfide) groups is 1. The maximum absolute atomic E-state index is 15.7. The number of benzene rings is 5. The normalized spacial score (nSPS) is 24.0. The highest BCUT2D eigenvalue weighted by atomic mass is 32.2. The van der Waals surface area contributed by atoms with Crippen LogP contribution < -0.4 is 59.3 Å². The molecule has 0 bridgehead atoms. The van der Waals surface area contributed by atoms with E-state index in [9.17, 15) is 53.0 Å². The van der Waals surface area contributed by atoms with Crippen LogP contribution in [0.4, 0.5) is 13.2 Å². The van der Waals surface area contributed by atoms with Crippen LogP contribution in [-0.2, 0) is 123 Å². The van der Waals surface area contributed by atoms with Crippen molar-refractivity contribution in [3.63, 3.8) is 0 Å². The van der Waals surface area contributed by atoms with E-state index in [4.69, 9.17) is 20.9 Å². The molecule has 14 atom stereocenters. The molecule has 42 heteroatoms. The molecule has 4 heterocycles. The number of primary amides is 1. The number of likely N-dealkylation sites (N-methyl/N-ethyl adjacent to an activating group) is 3. The zero-order chi connectivity index (χ0) is 96.9. The zero-order valence-electron chi connectivity index (χ0n) is 74.4. The predicted octanol–water partition coefficient (Wildman–Crippen LogP) is -0.604. The van der Waals surface area contributed by atoms with Crippen LogP contribution in [0.15, 0.2) is 128 Å². The fourth-order valence-corrected chi connectivity index (χ4v) is 16.9. The molecule has 3 fully saturated rings. The first-order chi connectivity index (χ1) is 63.5. The molecule has 3 saturated heterocycles. The number of H-pyrrole nitrogens is 1. The van der Waals surface area contributed by atoms with Gasteiger partial charge in [0, 0.05) is 95.6 Å². The SMILES string of the molecule is CCCC[C@H]1C(=O)N2CCC[C@@H]2C(=O)N[C@@H](COC=O)C(=O)N[C@@H](C(C)C)C(=O)N(C)[C@@H](Cc2ccccc2)C(=O)N[C@@H](COC=O)C(=O)N2C[C@H](O)C[C@@H]2C(=O)N[C@@H](Cc2c[nH]c3ccccc23)C(=O)N[C@@H](Cc2ccc(O)cc2)C(=O)N[C@@H](CCCN)C(=O)N[C@H](C(=O)NCC(N)=O)CSCC(=O)N[C@@H](Cc2cc(F)c(F)c(F)c2)C(=O)N(C)[C@@H](Cc2ccccc2)C(=O)N1C. The highest BCUT2D eigenvalue weighted by Crippen LogP contribution is 2.28. The van der Waals surface area contributed by atoms with Gasteiger partial charge in [-0.05, 0) is 103 Å². The molecule has 3 aliphatic heterocycles. The Labute approximate surface area is 769 Å². The van der Waals surface area contributed by atoms with Crippen LogP contribution in [0.1, 0.15) is 100.0 Å². The summed E-state index contributed by atoms with van der Waals surface area (Å²) in [7, 11) is 3.71. The van der Waals surface area contributed by atoms with Gasteiger partial charge in [-0.2, -0.15) is 0 Å². The Kier molecular flexibility index (Phi) is 38.5. The number of carbonyl (C=O) groups excluding carboxylic acids is 17. The topological polar surface area (TPSA) is 541 Å². The molecule has 16 N–H and O–H groups in total. The number of nitrogens with two attached hydrogens (primary N) is 2. The molecule has 716 valence electrons. The number of halogens is 3. The third-order valence-corrected chi connectivity index (χ3v) is 24.3. The zero-order valence-corrected chi connectivity index (χ0v) is 75.2. The Bertz CT molecular complexity index is 5120. The number of ether oxygens (including phenoxy) is 2. The largest absolute Gasteiger partial charge is 0.508 e. The molecular weight excluding hydrogens is 1760 g/mol. The number of carbonyl (C=O) groups is 17. The lowest BCUT2D eigenvalue weighted by Crippen LogP contribution is -2.62. The predicted molar refractivity (Wildman–Crippen MR) is 476 cm³/mol.